The molecular formula is C45H61N23O3. The number of fused-ring (bicyclic) bond motifs is 2. The monoisotopic (exact) mass is 972 g/mol. The van der Waals surface area contributed by atoms with E-state index in [1.165, 1.54) is 4.80 Å². The first kappa shape index (κ1) is 46.2. The van der Waals surface area contributed by atoms with Gasteiger partial charge >= 0.3 is 0 Å². The molecule has 8 aromatic rings. The van der Waals surface area contributed by atoms with Crippen LogP contribution in [0.4, 0.5) is 23.5 Å². The van der Waals surface area contributed by atoms with E-state index in [2.05, 4.69) is 63.8 Å². The number of aliphatic hydroxyl groups excluding tert-OH is 3. The standard InChI is InChI=1S/C45H61N23O3/c1-5-25-18-52-67(60-25)30-15-31(34(69)16-30)65-23-50-36-40(55-44(57-42(36)65)46-13-11-28-19-63(3)21-48-28)53-26-7-9-27(10-8-26)54-41-37-43(58-45(56-41)47-14-12-29-20-64(4)22-49-29)66(24-51-37)32-17-33(39(71)38(32)70)68-61-35(6-2)59-62-68/h18-24,26-27,30-34,38-39,69-71H,5-17H2,1-4H3,(H2,46,53,55,57)(H2,47,54,56,58)/t26-,27-,30-,31+,32+,33-,34+,38-,39+/m0/s1. The quantitative estimate of drug-likeness (QED) is 0.0648. The third kappa shape index (κ3) is 9.45. The Labute approximate surface area is 407 Å². The first-order chi connectivity index (χ1) is 34.6. The highest BCUT2D eigenvalue weighted by molar-refractivity contribution is 5.85. The van der Waals surface area contributed by atoms with Crippen molar-refractivity contribution in [2.45, 2.75) is 139 Å². The molecule has 8 aromatic heterocycles. The summed E-state index contributed by atoms with van der Waals surface area (Å²) in [6, 6.07) is -1.33. The maximum absolute atomic E-state index is 11.4. The second-order valence-corrected chi connectivity index (χ2v) is 19.2. The summed E-state index contributed by atoms with van der Waals surface area (Å²) >= 11 is 0. The van der Waals surface area contributed by atoms with Crippen LogP contribution in [-0.2, 0) is 39.8 Å². The number of rotatable bonds is 18. The molecule has 0 amide bonds. The van der Waals surface area contributed by atoms with Crippen LogP contribution in [0, 0.1) is 0 Å². The van der Waals surface area contributed by atoms with Gasteiger partial charge in [-0.25, -0.2) is 19.9 Å². The molecule has 0 aliphatic heterocycles. The Kier molecular flexibility index (Phi) is 12.7. The van der Waals surface area contributed by atoms with Crippen LogP contribution < -0.4 is 21.3 Å². The Balaban J connectivity index is 0.816. The van der Waals surface area contributed by atoms with Crippen LogP contribution in [0.5, 0.6) is 0 Å². The average Bonchev–Trinajstić information content (AvgIpc) is 4.23. The van der Waals surface area contributed by atoms with Gasteiger partial charge in [-0.3, -0.25) is 0 Å². The van der Waals surface area contributed by atoms with Crippen LogP contribution in [0.25, 0.3) is 22.3 Å². The van der Waals surface area contributed by atoms with E-state index in [0.717, 1.165) is 49.2 Å². The van der Waals surface area contributed by atoms with Gasteiger partial charge in [0.1, 0.15) is 18.2 Å². The summed E-state index contributed by atoms with van der Waals surface area (Å²) in [5.41, 5.74) is 5.19. The van der Waals surface area contributed by atoms with Crippen LogP contribution in [0.1, 0.15) is 106 Å². The highest BCUT2D eigenvalue weighted by Crippen LogP contribution is 2.41. The summed E-state index contributed by atoms with van der Waals surface area (Å²) in [4.78, 5) is 41.6. The second-order valence-electron chi connectivity index (χ2n) is 19.2. The van der Waals surface area contributed by atoms with Crippen molar-refractivity contribution in [2.24, 2.45) is 14.1 Å². The Morgan fingerprint density at radius 1 is 0.606 bits per heavy atom. The number of hydrogen-bond donors (Lipinski definition) is 7. The molecule has 3 aliphatic rings. The molecule has 7 N–H and O–H groups in total. The van der Waals surface area contributed by atoms with Crippen molar-refractivity contribution in [3.8, 4) is 0 Å². The van der Waals surface area contributed by atoms with Crippen molar-refractivity contribution in [3.05, 3.63) is 66.8 Å². The largest absolute Gasteiger partial charge is 0.391 e. The maximum atomic E-state index is 11.4. The van der Waals surface area contributed by atoms with E-state index in [1.54, 1.807) is 36.3 Å². The number of aliphatic hydroxyl groups is 3. The zero-order valence-electron chi connectivity index (χ0n) is 40.3. The zero-order chi connectivity index (χ0) is 48.8. The Morgan fingerprint density at radius 3 is 1.70 bits per heavy atom. The van der Waals surface area contributed by atoms with Gasteiger partial charge in [0.05, 0.1) is 72.8 Å². The van der Waals surface area contributed by atoms with Gasteiger partial charge in [-0.2, -0.15) is 39.7 Å². The first-order valence-electron chi connectivity index (χ1n) is 24.7. The Hall–Kier alpha value is -7.19. The number of aromatic nitrogens is 19. The van der Waals surface area contributed by atoms with Gasteiger partial charge in [-0.05, 0) is 56.6 Å². The molecule has 8 heterocycles. The van der Waals surface area contributed by atoms with Gasteiger partial charge < -0.3 is 54.9 Å². The molecule has 71 heavy (non-hydrogen) atoms. The van der Waals surface area contributed by atoms with E-state index in [0.29, 0.717) is 103 Å². The predicted molar refractivity (Wildman–Crippen MR) is 259 cm³/mol. The minimum absolute atomic E-state index is 0.0545. The molecule has 0 spiro atoms. The van der Waals surface area contributed by atoms with Gasteiger partial charge in [-0.1, -0.05) is 13.8 Å². The number of nitrogens with zero attached hydrogens (tertiary/aromatic N) is 19. The summed E-state index contributed by atoms with van der Waals surface area (Å²) in [5, 5.41) is 70.3. The molecule has 3 saturated carbocycles. The van der Waals surface area contributed by atoms with Crippen molar-refractivity contribution >= 4 is 45.9 Å². The maximum Gasteiger partial charge on any atom is 0.226 e. The number of nitrogens with one attached hydrogen (secondary N) is 4. The SMILES string of the molecule is CCc1cnn([C@@H]2C[C@@H](O)[C@H](n3cnc4c(N[C@H]5CC[C@H](Nc6nc(NCCc7cn(C)cn7)nc7c6ncn7[C@@H]6C[C@H](n7nnc(CC)n7)[C@@H](O)[C@H]6O)CC5)nc(NCCc5cn(C)cn5)nc43)C2)n1. The lowest BCUT2D eigenvalue weighted by atomic mass is 9.91. The fourth-order valence-electron chi connectivity index (χ4n) is 10.4. The number of imidazole rings is 4. The minimum atomic E-state index is -1.13. The first-order valence-corrected chi connectivity index (χ1v) is 24.7. The van der Waals surface area contributed by atoms with Crippen LogP contribution in [0.3, 0.4) is 0 Å². The molecule has 0 unspecified atom stereocenters. The van der Waals surface area contributed by atoms with Crippen LogP contribution in [0.2, 0.25) is 0 Å². The molecule has 26 heteroatoms. The Bertz CT molecular complexity index is 3090. The third-order valence-electron chi connectivity index (χ3n) is 14.2. The van der Waals surface area contributed by atoms with E-state index >= 15 is 0 Å². The molecule has 0 saturated heterocycles. The smallest absolute Gasteiger partial charge is 0.226 e. The highest BCUT2D eigenvalue weighted by Gasteiger charge is 2.46. The summed E-state index contributed by atoms with van der Waals surface area (Å²) in [5.74, 6) is 2.65. The Morgan fingerprint density at radius 2 is 1.18 bits per heavy atom. The third-order valence-corrected chi connectivity index (χ3v) is 14.2. The summed E-state index contributed by atoms with van der Waals surface area (Å²) < 4.78 is 7.66. The lowest BCUT2D eigenvalue weighted by molar-refractivity contribution is 0.00473. The van der Waals surface area contributed by atoms with E-state index in [-0.39, 0.29) is 24.2 Å². The summed E-state index contributed by atoms with van der Waals surface area (Å²) in [6.07, 6.45) is 17.4. The van der Waals surface area contributed by atoms with Crippen molar-refractivity contribution in [3.63, 3.8) is 0 Å². The van der Waals surface area contributed by atoms with Gasteiger partial charge in [-0.15, -0.1) is 10.2 Å². The molecule has 0 aromatic carbocycles. The van der Waals surface area contributed by atoms with Crippen molar-refractivity contribution in [1.29, 1.82) is 0 Å². The molecular weight excluding hydrogens is 911 g/mol. The number of tetrazole rings is 1. The van der Waals surface area contributed by atoms with Crippen LogP contribution in [-0.4, -0.2) is 152 Å². The number of hydrogen-bond acceptors (Lipinski definition) is 20. The average molecular weight is 972 g/mol. The lowest BCUT2D eigenvalue weighted by Gasteiger charge is -2.30. The van der Waals surface area contributed by atoms with Gasteiger partial charge in [0.25, 0.3) is 0 Å². The topological polar surface area (TPSA) is 306 Å². The summed E-state index contributed by atoms with van der Waals surface area (Å²) in [7, 11) is 3.89. The van der Waals surface area contributed by atoms with Crippen molar-refractivity contribution in [1.82, 2.24) is 93.3 Å². The number of anilines is 4. The molecule has 7 atom stereocenters. The minimum Gasteiger partial charge on any atom is -0.391 e. The van der Waals surface area contributed by atoms with Crippen molar-refractivity contribution in [2.75, 3.05) is 34.4 Å². The fraction of sp³-hybridized carbons (Fsp3) is 0.578. The lowest BCUT2D eigenvalue weighted by Crippen LogP contribution is -2.33. The van der Waals surface area contributed by atoms with E-state index in [4.69, 9.17) is 29.9 Å². The predicted octanol–water partition coefficient (Wildman–Crippen LogP) is 2.13. The fourth-order valence-corrected chi connectivity index (χ4v) is 10.4. The molecule has 3 aliphatic carbocycles. The molecule has 374 valence electrons. The van der Waals surface area contributed by atoms with E-state index in [9.17, 15) is 15.3 Å². The normalized spacial score (nSPS) is 24.6. The zero-order valence-corrected chi connectivity index (χ0v) is 40.3. The molecule has 0 radical (unpaired) electrons. The number of aryl methyl sites for hydroxylation is 4. The molecule has 3 fully saturated rings. The van der Waals surface area contributed by atoms with E-state index < -0.39 is 30.4 Å². The highest BCUT2D eigenvalue weighted by atomic mass is 16.3. The van der Waals surface area contributed by atoms with Gasteiger partial charge in [0.15, 0.2) is 39.8 Å². The van der Waals surface area contributed by atoms with Gasteiger partial charge in [0.2, 0.25) is 11.9 Å². The molecule has 0 bridgehead atoms. The molecule has 26 nitrogen and oxygen atoms in total. The molecule has 11 rings (SSSR count). The van der Waals surface area contributed by atoms with Crippen LogP contribution >= 0.6 is 0 Å². The van der Waals surface area contributed by atoms with Crippen LogP contribution in [0.15, 0.2) is 43.9 Å². The summed E-state index contributed by atoms with van der Waals surface area (Å²) in [6.45, 7) is 5.11. The van der Waals surface area contributed by atoms with E-state index in [1.807, 2.05) is 51.7 Å². The second kappa shape index (κ2) is 19.5. The van der Waals surface area contributed by atoms with Crippen molar-refractivity contribution < 1.29 is 15.3 Å². The van der Waals surface area contributed by atoms with Gasteiger partial charge in [0, 0.05) is 70.9 Å².